The van der Waals surface area contributed by atoms with E-state index in [1.54, 1.807) is 18.0 Å². The van der Waals surface area contributed by atoms with Crippen molar-refractivity contribution in [2.45, 2.75) is 25.9 Å². The van der Waals surface area contributed by atoms with Gasteiger partial charge in [0.05, 0.1) is 17.5 Å². The number of carbonyl (C=O) groups is 1. The van der Waals surface area contributed by atoms with Crippen LogP contribution >= 0.6 is 0 Å². The van der Waals surface area contributed by atoms with Crippen LogP contribution in [0, 0.1) is 5.92 Å². The Bertz CT molecular complexity index is 762. The molecule has 1 fully saturated rings. The molecule has 0 aromatic carbocycles. The highest BCUT2D eigenvalue weighted by Crippen LogP contribution is 2.28. The molecule has 9 nitrogen and oxygen atoms in total. The van der Waals surface area contributed by atoms with E-state index in [-0.39, 0.29) is 18.4 Å². The van der Waals surface area contributed by atoms with Gasteiger partial charge in [0.15, 0.2) is 11.5 Å². The van der Waals surface area contributed by atoms with E-state index in [4.69, 9.17) is 9.84 Å². The molecule has 2 aromatic rings. The summed E-state index contributed by atoms with van der Waals surface area (Å²) >= 11 is 0. The molecule has 1 aliphatic heterocycles. The fourth-order valence-corrected chi connectivity index (χ4v) is 3.30. The summed E-state index contributed by atoms with van der Waals surface area (Å²) in [7, 11) is 3.47. The van der Waals surface area contributed by atoms with E-state index in [0.29, 0.717) is 31.9 Å². The number of aromatic nitrogens is 4. The number of nitrogens with zero attached hydrogens (tertiary/aromatic N) is 5. The third-order valence-corrected chi connectivity index (χ3v) is 4.62. The highest BCUT2D eigenvalue weighted by atomic mass is 16.5. The van der Waals surface area contributed by atoms with Crippen LogP contribution in [0.5, 0.6) is 0 Å². The summed E-state index contributed by atoms with van der Waals surface area (Å²) in [4.78, 5) is 23.7. The number of carbonyl (C=O) groups excluding carboxylic acids is 1. The molecule has 3 heterocycles. The second kappa shape index (κ2) is 8.41. The first-order valence-corrected chi connectivity index (χ1v) is 8.95. The summed E-state index contributed by atoms with van der Waals surface area (Å²) in [6.07, 6.45) is 4.12. The SMILES string of the molecule is COCc1nc(N2CCC[C@H](C(=O)NCCCO)C2)c2cnn(C)c2n1. The van der Waals surface area contributed by atoms with Crippen LogP contribution in [0.25, 0.3) is 11.0 Å². The zero-order valence-electron chi connectivity index (χ0n) is 15.3. The normalized spacial score (nSPS) is 17.7. The fourth-order valence-electron chi connectivity index (χ4n) is 3.30. The summed E-state index contributed by atoms with van der Waals surface area (Å²) < 4.78 is 6.92. The van der Waals surface area contributed by atoms with E-state index in [1.807, 2.05) is 7.05 Å². The molecule has 1 aliphatic rings. The first-order valence-electron chi connectivity index (χ1n) is 8.95. The lowest BCUT2D eigenvalue weighted by atomic mass is 9.97. The van der Waals surface area contributed by atoms with E-state index >= 15 is 0 Å². The van der Waals surface area contributed by atoms with E-state index in [0.717, 1.165) is 36.2 Å². The molecule has 2 N–H and O–H groups in total. The van der Waals surface area contributed by atoms with Crippen molar-refractivity contribution in [3.63, 3.8) is 0 Å². The van der Waals surface area contributed by atoms with Crippen LogP contribution in [0.1, 0.15) is 25.1 Å². The number of anilines is 1. The van der Waals surface area contributed by atoms with Gasteiger partial charge in [-0.25, -0.2) is 9.97 Å². The van der Waals surface area contributed by atoms with Gasteiger partial charge in [0, 0.05) is 40.4 Å². The molecule has 2 aromatic heterocycles. The molecule has 0 spiro atoms. The summed E-state index contributed by atoms with van der Waals surface area (Å²) in [6, 6.07) is 0. The Morgan fingerprint density at radius 2 is 2.31 bits per heavy atom. The Morgan fingerprint density at radius 1 is 1.46 bits per heavy atom. The Labute approximate surface area is 152 Å². The lowest BCUT2D eigenvalue weighted by molar-refractivity contribution is -0.125. The topological polar surface area (TPSA) is 105 Å². The summed E-state index contributed by atoms with van der Waals surface area (Å²) in [5, 5.41) is 16.9. The lowest BCUT2D eigenvalue weighted by Gasteiger charge is -2.33. The van der Waals surface area contributed by atoms with Gasteiger partial charge in [-0.3, -0.25) is 9.48 Å². The van der Waals surface area contributed by atoms with Crippen LogP contribution in [-0.4, -0.2) is 64.1 Å². The number of ether oxygens (including phenoxy) is 1. The molecular formula is C17H26N6O3. The average Bonchev–Trinajstić information content (AvgIpc) is 3.03. The van der Waals surface area contributed by atoms with Gasteiger partial charge in [0.1, 0.15) is 12.4 Å². The van der Waals surface area contributed by atoms with E-state index in [2.05, 4.69) is 25.3 Å². The number of hydrogen-bond donors (Lipinski definition) is 2. The van der Waals surface area contributed by atoms with Crippen molar-refractivity contribution in [1.29, 1.82) is 0 Å². The molecular weight excluding hydrogens is 336 g/mol. The molecule has 1 amide bonds. The fraction of sp³-hybridized carbons (Fsp3) is 0.647. The molecule has 3 rings (SSSR count). The third-order valence-electron chi connectivity index (χ3n) is 4.62. The van der Waals surface area contributed by atoms with Crippen molar-refractivity contribution in [2.75, 3.05) is 38.3 Å². The zero-order chi connectivity index (χ0) is 18.5. The van der Waals surface area contributed by atoms with E-state index in [1.165, 1.54) is 0 Å². The summed E-state index contributed by atoms with van der Waals surface area (Å²) in [5.74, 6) is 1.36. The van der Waals surface area contributed by atoms with Gasteiger partial charge in [0.25, 0.3) is 0 Å². The number of fused-ring (bicyclic) bond motifs is 1. The Kier molecular flexibility index (Phi) is 6.00. The predicted molar refractivity (Wildman–Crippen MR) is 96.7 cm³/mol. The van der Waals surface area contributed by atoms with Gasteiger partial charge >= 0.3 is 0 Å². The number of hydrogen-bond acceptors (Lipinski definition) is 7. The molecule has 26 heavy (non-hydrogen) atoms. The van der Waals surface area contributed by atoms with Gasteiger partial charge < -0.3 is 20.1 Å². The number of methoxy groups -OCH3 is 1. The Hall–Kier alpha value is -2.26. The van der Waals surface area contributed by atoms with Crippen LogP contribution in [-0.2, 0) is 23.2 Å². The molecule has 9 heteroatoms. The molecule has 1 saturated heterocycles. The van der Waals surface area contributed by atoms with Gasteiger partial charge in [-0.05, 0) is 19.3 Å². The minimum absolute atomic E-state index is 0.0387. The van der Waals surface area contributed by atoms with E-state index < -0.39 is 0 Å². The van der Waals surface area contributed by atoms with Crippen LogP contribution < -0.4 is 10.2 Å². The molecule has 0 aliphatic carbocycles. The maximum absolute atomic E-state index is 12.4. The predicted octanol–water partition coefficient (Wildman–Crippen LogP) is 0.225. The van der Waals surface area contributed by atoms with Crippen LogP contribution in [0.15, 0.2) is 6.20 Å². The third kappa shape index (κ3) is 3.94. The van der Waals surface area contributed by atoms with Crippen molar-refractivity contribution in [2.24, 2.45) is 13.0 Å². The number of aliphatic hydroxyl groups is 1. The van der Waals surface area contributed by atoms with Gasteiger partial charge in [0.2, 0.25) is 5.91 Å². The minimum Gasteiger partial charge on any atom is -0.396 e. The number of nitrogens with one attached hydrogen (secondary N) is 1. The van der Waals surface area contributed by atoms with Crippen LogP contribution in [0.3, 0.4) is 0 Å². The number of rotatable bonds is 7. The molecule has 0 saturated carbocycles. The van der Waals surface area contributed by atoms with Crippen LogP contribution in [0.4, 0.5) is 5.82 Å². The molecule has 0 radical (unpaired) electrons. The smallest absolute Gasteiger partial charge is 0.224 e. The molecule has 0 bridgehead atoms. The second-order valence-electron chi connectivity index (χ2n) is 6.56. The van der Waals surface area contributed by atoms with Crippen molar-refractivity contribution >= 4 is 22.8 Å². The standard InChI is InChI=1S/C17H26N6O3/c1-22-15-13(9-19-22)16(21-14(20-15)11-26-2)23-7-3-5-12(10-23)17(25)18-6-4-8-24/h9,12,24H,3-8,10-11H2,1-2H3,(H,18,25)/t12-/m0/s1. The molecule has 142 valence electrons. The average molecular weight is 362 g/mol. The van der Waals surface area contributed by atoms with Crippen molar-refractivity contribution in [1.82, 2.24) is 25.1 Å². The first-order chi connectivity index (χ1) is 12.6. The first kappa shape index (κ1) is 18.5. The van der Waals surface area contributed by atoms with Gasteiger partial charge in [-0.15, -0.1) is 0 Å². The zero-order valence-corrected chi connectivity index (χ0v) is 15.3. The quantitative estimate of drug-likeness (QED) is 0.679. The Morgan fingerprint density at radius 3 is 3.08 bits per heavy atom. The van der Waals surface area contributed by atoms with E-state index in [9.17, 15) is 4.79 Å². The number of aliphatic hydroxyl groups excluding tert-OH is 1. The summed E-state index contributed by atoms with van der Waals surface area (Å²) in [5.41, 5.74) is 0.761. The second-order valence-corrected chi connectivity index (χ2v) is 6.56. The monoisotopic (exact) mass is 362 g/mol. The minimum atomic E-state index is -0.0880. The Balaban J connectivity index is 1.82. The molecule has 1 atom stereocenters. The number of amides is 1. The van der Waals surface area contributed by atoms with Crippen molar-refractivity contribution < 1.29 is 14.6 Å². The number of piperidine rings is 1. The van der Waals surface area contributed by atoms with Crippen molar-refractivity contribution in [3.8, 4) is 0 Å². The maximum Gasteiger partial charge on any atom is 0.224 e. The highest BCUT2D eigenvalue weighted by Gasteiger charge is 2.28. The lowest BCUT2D eigenvalue weighted by Crippen LogP contribution is -2.43. The molecule has 0 unspecified atom stereocenters. The van der Waals surface area contributed by atoms with Gasteiger partial charge in [-0.1, -0.05) is 0 Å². The van der Waals surface area contributed by atoms with Crippen molar-refractivity contribution in [3.05, 3.63) is 12.0 Å². The van der Waals surface area contributed by atoms with Gasteiger partial charge in [-0.2, -0.15) is 5.10 Å². The number of aryl methyl sites for hydroxylation is 1. The highest BCUT2D eigenvalue weighted by molar-refractivity contribution is 5.87. The summed E-state index contributed by atoms with van der Waals surface area (Å²) in [6.45, 7) is 2.36. The van der Waals surface area contributed by atoms with Crippen LogP contribution in [0.2, 0.25) is 0 Å². The maximum atomic E-state index is 12.4. The largest absolute Gasteiger partial charge is 0.396 e.